The van der Waals surface area contributed by atoms with Crippen molar-refractivity contribution in [3.8, 4) is 11.5 Å². The molecule has 1 N–H and O–H groups in total. The van der Waals surface area contributed by atoms with E-state index in [1.54, 1.807) is 0 Å². The van der Waals surface area contributed by atoms with Crippen molar-refractivity contribution in [3.63, 3.8) is 0 Å². The molecule has 3 rings (SSSR count). The van der Waals surface area contributed by atoms with Crippen molar-refractivity contribution in [2.75, 3.05) is 45.9 Å². The van der Waals surface area contributed by atoms with Crippen LogP contribution in [0.4, 0.5) is 0 Å². The highest BCUT2D eigenvalue weighted by atomic mass is 16.6. The Morgan fingerprint density at radius 1 is 1.14 bits per heavy atom. The van der Waals surface area contributed by atoms with Crippen LogP contribution in [0.2, 0.25) is 0 Å². The van der Waals surface area contributed by atoms with Crippen LogP contribution in [-0.4, -0.2) is 56.6 Å². The van der Waals surface area contributed by atoms with Gasteiger partial charge >= 0.3 is 0 Å². The molecule has 1 saturated heterocycles. The molecule has 2 aliphatic rings. The molecule has 0 aliphatic carbocycles. The first-order valence-electron chi connectivity index (χ1n) is 7.69. The van der Waals surface area contributed by atoms with Gasteiger partial charge in [-0.25, -0.2) is 0 Å². The topological polar surface area (TPSA) is 50.8 Å². The Morgan fingerprint density at radius 3 is 2.71 bits per heavy atom. The van der Waals surface area contributed by atoms with Gasteiger partial charge in [0.1, 0.15) is 13.2 Å². The molecule has 0 saturated carbocycles. The number of Topliss-reactive ketones (excluding diaryl/α,β-unsaturated/α-hetero) is 1. The molecule has 0 atom stereocenters. The summed E-state index contributed by atoms with van der Waals surface area (Å²) < 4.78 is 11.0. The summed E-state index contributed by atoms with van der Waals surface area (Å²) in [6.45, 7) is 6.39. The number of nitrogens with zero attached hydrogens (tertiary/aromatic N) is 1. The van der Waals surface area contributed by atoms with Crippen LogP contribution in [0.1, 0.15) is 23.2 Å². The van der Waals surface area contributed by atoms with E-state index in [-0.39, 0.29) is 5.78 Å². The molecule has 0 unspecified atom stereocenters. The molecule has 0 bridgehead atoms. The van der Waals surface area contributed by atoms with Crippen LogP contribution in [-0.2, 0) is 0 Å². The number of hydrogen-bond donors (Lipinski definition) is 1. The maximum atomic E-state index is 12.2. The number of hydrogen-bond acceptors (Lipinski definition) is 5. The molecule has 0 spiro atoms. The van der Waals surface area contributed by atoms with Crippen LogP contribution in [0.15, 0.2) is 18.2 Å². The maximum absolute atomic E-state index is 12.2. The minimum Gasteiger partial charge on any atom is -0.486 e. The van der Waals surface area contributed by atoms with E-state index < -0.39 is 0 Å². The minimum absolute atomic E-state index is 0.183. The van der Waals surface area contributed by atoms with Crippen molar-refractivity contribution in [2.24, 2.45) is 0 Å². The molecule has 5 nitrogen and oxygen atoms in total. The smallest absolute Gasteiger partial charge is 0.163 e. The van der Waals surface area contributed by atoms with E-state index in [1.807, 2.05) is 18.2 Å². The lowest BCUT2D eigenvalue weighted by atomic mass is 10.1. The molecule has 114 valence electrons. The van der Waals surface area contributed by atoms with Crippen LogP contribution in [0.3, 0.4) is 0 Å². The van der Waals surface area contributed by atoms with Gasteiger partial charge in [-0.2, -0.15) is 0 Å². The average Bonchev–Trinajstić information content (AvgIpc) is 2.55. The predicted octanol–water partition coefficient (Wildman–Crippen LogP) is 1.33. The van der Waals surface area contributed by atoms with Crippen molar-refractivity contribution in [3.05, 3.63) is 23.8 Å². The van der Waals surface area contributed by atoms with Gasteiger partial charge in [-0.15, -0.1) is 0 Å². The van der Waals surface area contributed by atoms with Gasteiger partial charge < -0.3 is 19.7 Å². The zero-order valence-corrected chi connectivity index (χ0v) is 12.3. The summed E-state index contributed by atoms with van der Waals surface area (Å²) in [5.41, 5.74) is 0.722. The van der Waals surface area contributed by atoms with Crippen LogP contribution in [0.5, 0.6) is 11.5 Å². The number of fused-ring (bicyclic) bond motifs is 1. The lowest BCUT2D eigenvalue weighted by Gasteiger charge is -2.26. The molecular weight excluding hydrogens is 268 g/mol. The lowest BCUT2D eigenvalue weighted by Crippen LogP contribution is -2.43. The van der Waals surface area contributed by atoms with Gasteiger partial charge in [0.05, 0.1) is 0 Å². The third kappa shape index (κ3) is 3.74. The second-order valence-corrected chi connectivity index (χ2v) is 5.48. The van der Waals surface area contributed by atoms with Gasteiger partial charge in [-0.05, 0) is 31.2 Å². The molecule has 0 aromatic heterocycles. The summed E-state index contributed by atoms with van der Waals surface area (Å²) >= 11 is 0. The first-order valence-corrected chi connectivity index (χ1v) is 7.69. The summed E-state index contributed by atoms with van der Waals surface area (Å²) in [4.78, 5) is 14.7. The molecular formula is C16H22N2O3. The predicted molar refractivity (Wildman–Crippen MR) is 80.3 cm³/mol. The zero-order chi connectivity index (χ0) is 14.5. The normalized spacial score (nSPS) is 18.5. The monoisotopic (exact) mass is 290 g/mol. The standard InChI is InChI=1S/C16H22N2O3/c19-14(2-1-7-18-8-5-17-6-9-18)13-3-4-15-16(12-13)21-11-10-20-15/h3-4,12,17H,1-2,5-11H2. The van der Waals surface area contributed by atoms with E-state index >= 15 is 0 Å². The SMILES string of the molecule is O=C(CCCN1CCNCC1)c1ccc2c(c1)OCCO2. The Hall–Kier alpha value is -1.59. The van der Waals surface area contributed by atoms with E-state index in [0.29, 0.717) is 25.4 Å². The zero-order valence-electron chi connectivity index (χ0n) is 12.3. The van der Waals surface area contributed by atoms with Gasteiger partial charge in [0.25, 0.3) is 0 Å². The van der Waals surface area contributed by atoms with Gasteiger partial charge in [0.2, 0.25) is 0 Å². The third-order valence-corrected chi connectivity index (χ3v) is 3.95. The highest BCUT2D eigenvalue weighted by molar-refractivity contribution is 5.96. The fourth-order valence-corrected chi connectivity index (χ4v) is 2.76. The second-order valence-electron chi connectivity index (χ2n) is 5.48. The molecule has 1 aromatic rings. The number of benzene rings is 1. The summed E-state index contributed by atoms with van der Waals surface area (Å²) in [7, 11) is 0. The van der Waals surface area contributed by atoms with Crippen molar-refractivity contribution in [1.82, 2.24) is 10.2 Å². The summed E-state index contributed by atoms with van der Waals surface area (Å²) in [5, 5.41) is 3.33. The number of ether oxygens (including phenoxy) is 2. The Balaban J connectivity index is 1.50. The molecule has 1 aromatic carbocycles. The maximum Gasteiger partial charge on any atom is 0.163 e. The number of carbonyl (C=O) groups excluding carboxylic acids is 1. The molecule has 1 fully saturated rings. The largest absolute Gasteiger partial charge is 0.486 e. The van der Waals surface area contributed by atoms with Gasteiger partial charge in [0.15, 0.2) is 17.3 Å². The Labute approximate surface area is 125 Å². The quantitative estimate of drug-likeness (QED) is 0.829. The molecule has 2 heterocycles. The summed E-state index contributed by atoms with van der Waals surface area (Å²) in [6, 6.07) is 5.47. The fourth-order valence-electron chi connectivity index (χ4n) is 2.76. The molecule has 5 heteroatoms. The van der Waals surface area contributed by atoms with E-state index in [4.69, 9.17) is 9.47 Å². The number of rotatable bonds is 5. The second kappa shape index (κ2) is 6.91. The number of piperazine rings is 1. The molecule has 0 amide bonds. The van der Waals surface area contributed by atoms with Crippen molar-refractivity contribution < 1.29 is 14.3 Å². The van der Waals surface area contributed by atoms with Crippen LogP contribution >= 0.6 is 0 Å². The molecule has 0 radical (unpaired) electrons. The highest BCUT2D eigenvalue weighted by Gasteiger charge is 2.15. The van der Waals surface area contributed by atoms with Gasteiger partial charge in [0, 0.05) is 38.2 Å². The fraction of sp³-hybridized carbons (Fsp3) is 0.562. The third-order valence-electron chi connectivity index (χ3n) is 3.95. The van der Waals surface area contributed by atoms with E-state index in [2.05, 4.69) is 10.2 Å². The van der Waals surface area contributed by atoms with E-state index in [1.165, 1.54) is 0 Å². The molecule has 21 heavy (non-hydrogen) atoms. The van der Waals surface area contributed by atoms with Crippen LogP contribution in [0.25, 0.3) is 0 Å². The Bertz CT molecular complexity index is 498. The average molecular weight is 290 g/mol. The number of nitrogens with one attached hydrogen (secondary N) is 1. The Kier molecular flexibility index (Phi) is 4.72. The van der Waals surface area contributed by atoms with Crippen molar-refractivity contribution in [2.45, 2.75) is 12.8 Å². The number of ketones is 1. The van der Waals surface area contributed by atoms with Gasteiger partial charge in [-0.3, -0.25) is 4.79 Å². The molecule has 2 aliphatic heterocycles. The summed E-state index contributed by atoms with van der Waals surface area (Å²) in [5.74, 6) is 1.61. The first kappa shape index (κ1) is 14.4. The van der Waals surface area contributed by atoms with Crippen LogP contribution in [0, 0.1) is 0 Å². The first-order chi connectivity index (χ1) is 10.3. The van der Waals surface area contributed by atoms with Crippen molar-refractivity contribution in [1.29, 1.82) is 0 Å². The van der Waals surface area contributed by atoms with Crippen LogP contribution < -0.4 is 14.8 Å². The number of carbonyl (C=O) groups is 1. The van der Waals surface area contributed by atoms with E-state index in [9.17, 15) is 4.79 Å². The highest BCUT2D eigenvalue weighted by Crippen LogP contribution is 2.31. The Morgan fingerprint density at radius 2 is 1.90 bits per heavy atom. The van der Waals surface area contributed by atoms with E-state index in [0.717, 1.165) is 50.5 Å². The summed E-state index contributed by atoms with van der Waals surface area (Å²) in [6.07, 6.45) is 1.50. The van der Waals surface area contributed by atoms with Crippen molar-refractivity contribution >= 4 is 5.78 Å². The van der Waals surface area contributed by atoms with Gasteiger partial charge in [-0.1, -0.05) is 0 Å². The lowest BCUT2D eigenvalue weighted by molar-refractivity contribution is 0.0972. The minimum atomic E-state index is 0.183.